The average molecular weight is 344 g/mol. The lowest BCUT2D eigenvalue weighted by atomic mass is 10.1. The van der Waals surface area contributed by atoms with E-state index in [1.807, 2.05) is 25.1 Å². The number of nitrogens with zero attached hydrogens (tertiary/aromatic N) is 1. The van der Waals surface area contributed by atoms with Gasteiger partial charge in [0.05, 0.1) is 12.1 Å². The monoisotopic (exact) mass is 344 g/mol. The van der Waals surface area contributed by atoms with Gasteiger partial charge < -0.3 is 25.7 Å². The van der Waals surface area contributed by atoms with Crippen molar-refractivity contribution in [3.8, 4) is 0 Å². The molecule has 0 unspecified atom stereocenters. The zero-order valence-electron chi connectivity index (χ0n) is 14.5. The van der Waals surface area contributed by atoms with Gasteiger partial charge >= 0.3 is 0 Å². The molecule has 0 bridgehead atoms. The smallest absolute Gasteiger partial charge is 0.254 e. The van der Waals surface area contributed by atoms with Crippen molar-refractivity contribution in [2.75, 3.05) is 27.2 Å². The Labute approximate surface area is 147 Å². The minimum atomic E-state index is -0.246. The highest BCUT2D eigenvalue weighted by molar-refractivity contribution is 5.95. The Hall–Kier alpha value is -2.64. The summed E-state index contributed by atoms with van der Waals surface area (Å²) >= 11 is 0. The molecule has 1 aromatic heterocycles. The Morgan fingerprint density at radius 2 is 1.88 bits per heavy atom. The molecule has 0 radical (unpaired) electrons. The van der Waals surface area contributed by atoms with E-state index in [1.54, 1.807) is 24.3 Å². The first-order valence-corrected chi connectivity index (χ1v) is 8.07. The maximum Gasteiger partial charge on any atom is 0.254 e. The number of amides is 2. The molecule has 25 heavy (non-hydrogen) atoms. The van der Waals surface area contributed by atoms with Crippen LogP contribution in [0, 0.1) is 0 Å². The van der Waals surface area contributed by atoms with E-state index in [2.05, 4.69) is 10.6 Å². The molecule has 0 aliphatic rings. The molecule has 0 aliphatic heterocycles. The molecule has 4 N–H and O–H groups in total. The molecule has 1 heterocycles. The van der Waals surface area contributed by atoms with Crippen LogP contribution in [0.25, 0.3) is 0 Å². The largest absolute Gasteiger partial charge is 0.467 e. The first kappa shape index (κ1) is 18.7. The molecule has 7 heteroatoms. The van der Waals surface area contributed by atoms with Crippen molar-refractivity contribution in [1.29, 1.82) is 0 Å². The molecule has 1 aromatic carbocycles. The zero-order chi connectivity index (χ0) is 18.2. The maximum atomic E-state index is 12.1. The van der Waals surface area contributed by atoms with Gasteiger partial charge in [0.2, 0.25) is 0 Å². The first-order chi connectivity index (χ1) is 12.0. The van der Waals surface area contributed by atoms with Crippen molar-refractivity contribution in [1.82, 2.24) is 15.5 Å². The number of nitrogens with one attached hydrogen (secondary N) is 2. The van der Waals surface area contributed by atoms with Crippen LogP contribution >= 0.6 is 0 Å². The lowest BCUT2D eigenvalue weighted by Crippen LogP contribution is -2.31. The number of nitrogens with two attached hydrogens (primary N) is 1. The summed E-state index contributed by atoms with van der Waals surface area (Å²) in [4.78, 5) is 26.2. The summed E-state index contributed by atoms with van der Waals surface area (Å²) in [5.41, 5.74) is 7.30. The molecule has 0 saturated heterocycles. The molecule has 0 spiro atoms. The van der Waals surface area contributed by atoms with Gasteiger partial charge in [0, 0.05) is 25.2 Å². The SMILES string of the molecule is CN(C)CCNC(=O)c1cccc(CNC(=O)c2coc(CN)c2)c1. The van der Waals surface area contributed by atoms with E-state index >= 15 is 0 Å². The van der Waals surface area contributed by atoms with Crippen molar-refractivity contribution in [3.05, 3.63) is 59.0 Å². The molecule has 0 saturated carbocycles. The maximum absolute atomic E-state index is 12.1. The van der Waals surface area contributed by atoms with Crippen LogP contribution in [0.2, 0.25) is 0 Å². The highest BCUT2D eigenvalue weighted by Gasteiger charge is 2.10. The van der Waals surface area contributed by atoms with Crippen LogP contribution in [0.4, 0.5) is 0 Å². The predicted molar refractivity (Wildman–Crippen MR) is 95.1 cm³/mol. The zero-order valence-corrected chi connectivity index (χ0v) is 14.5. The van der Waals surface area contributed by atoms with Crippen molar-refractivity contribution in [3.63, 3.8) is 0 Å². The second-order valence-corrected chi connectivity index (χ2v) is 5.95. The van der Waals surface area contributed by atoms with E-state index in [4.69, 9.17) is 10.2 Å². The van der Waals surface area contributed by atoms with Gasteiger partial charge in [-0.2, -0.15) is 0 Å². The number of carbonyl (C=O) groups is 2. The fourth-order valence-corrected chi connectivity index (χ4v) is 2.21. The Morgan fingerprint density at radius 3 is 2.56 bits per heavy atom. The van der Waals surface area contributed by atoms with Crippen LogP contribution in [-0.4, -0.2) is 43.9 Å². The van der Waals surface area contributed by atoms with E-state index in [0.717, 1.165) is 12.1 Å². The third kappa shape index (κ3) is 5.74. The van der Waals surface area contributed by atoms with Crippen LogP contribution in [0.3, 0.4) is 0 Å². The number of hydrogen-bond donors (Lipinski definition) is 3. The van der Waals surface area contributed by atoms with Gasteiger partial charge in [-0.3, -0.25) is 9.59 Å². The highest BCUT2D eigenvalue weighted by atomic mass is 16.3. The third-order valence-electron chi connectivity index (χ3n) is 3.60. The molecule has 7 nitrogen and oxygen atoms in total. The Balaban J connectivity index is 1.90. The van der Waals surface area contributed by atoms with Gasteiger partial charge in [-0.05, 0) is 37.9 Å². The predicted octanol–water partition coefficient (Wildman–Crippen LogP) is 0.960. The van der Waals surface area contributed by atoms with Crippen molar-refractivity contribution >= 4 is 11.8 Å². The minimum Gasteiger partial charge on any atom is -0.467 e. The van der Waals surface area contributed by atoms with Gasteiger partial charge in [0.15, 0.2) is 0 Å². The standard InChI is InChI=1S/C18H24N4O3/c1-22(2)7-6-20-17(23)14-5-3-4-13(8-14)11-21-18(24)15-9-16(10-19)25-12-15/h3-5,8-9,12H,6-7,10-11,19H2,1-2H3,(H,20,23)(H,21,24). The molecule has 2 amide bonds. The van der Waals surface area contributed by atoms with E-state index in [-0.39, 0.29) is 18.4 Å². The molecule has 0 aliphatic carbocycles. The molecule has 2 rings (SSSR count). The highest BCUT2D eigenvalue weighted by Crippen LogP contribution is 2.09. The average Bonchev–Trinajstić information content (AvgIpc) is 3.09. The molecular formula is C18H24N4O3. The number of likely N-dealkylation sites (N-methyl/N-ethyl adjacent to an activating group) is 1. The van der Waals surface area contributed by atoms with Crippen LogP contribution in [0.5, 0.6) is 0 Å². The lowest BCUT2D eigenvalue weighted by molar-refractivity contribution is 0.0944. The minimum absolute atomic E-state index is 0.127. The Bertz CT molecular complexity index is 725. The summed E-state index contributed by atoms with van der Waals surface area (Å²) < 4.78 is 5.15. The number of hydrogen-bond acceptors (Lipinski definition) is 5. The molecule has 0 atom stereocenters. The normalized spacial score (nSPS) is 10.7. The number of carbonyl (C=O) groups excluding carboxylic acids is 2. The molecule has 0 fully saturated rings. The van der Waals surface area contributed by atoms with Gasteiger partial charge in [0.1, 0.15) is 12.0 Å². The van der Waals surface area contributed by atoms with Crippen molar-refractivity contribution < 1.29 is 14.0 Å². The Kier molecular flexibility index (Phi) is 6.73. The Morgan fingerprint density at radius 1 is 1.12 bits per heavy atom. The summed E-state index contributed by atoms with van der Waals surface area (Å²) in [5, 5.41) is 5.66. The first-order valence-electron chi connectivity index (χ1n) is 8.07. The fourth-order valence-electron chi connectivity index (χ4n) is 2.21. The second kappa shape index (κ2) is 9.00. The van der Waals surface area contributed by atoms with Gasteiger partial charge in [-0.15, -0.1) is 0 Å². The van der Waals surface area contributed by atoms with E-state index < -0.39 is 0 Å². The summed E-state index contributed by atoms with van der Waals surface area (Å²) in [6.45, 7) is 1.92. The van der Waals surface area contributed by atoms with E-state index in [1.165, 1.54) is 6.26 Å². The lowest BCUT2D eigenvalue weighted by Gasteiger charge is -2.11. The quantitative estimate of drug-likeness (QED) is 0.662. The van der Waals surface area contributed by atoms with E-state index in [9.17, 15) is 9.59 Å². The van der Waals surface area contributed by atoms with Gasteiger partial charge in [-0.25, -0.2) is 0 Å². The molecule has 2 aromatic rings. The van der Waals surface area contributed by atoms with Crippen LogP contribution in [-0.2, 0) is 13.1 Å². The number of benzene rings is 1. The van der Waals surface area contributed by atoms with Crippen LogP contribution < -0.4 is 16.4 Å². The number of rotatable bonds is 8. The number of furan rings is 1. The van der Waals surface area contributed by atoms with Gasteiger partial charge in [-0.1, -0.05) is 12.1 Å². The molecule has 134 valence electrons. The summed E-state index contributed by atoms with van der Waals surface area (Å²) in [6, 6.07) is 8.79. The summed E-state index contributed by atoms with van der Waals surface area (Å²) in [6.07, 6.45) is 1.38. The fraction of sp³-hybridized carbons (Fsp3) is 0.333. The van der Waals surface area contributed by atoms with Crippen molar-refractivity contribution in [2.24, 2.45) is 5.73 Å². The second-order valence-electron chi connectivity index (χ2n) is 5.95. The summed E-state index contributed by atoms with van der Waals surface area (Å²) in [7, 11) is 3.90. The van der Waals surface area contributed by atoms with Crippen LogP contribution in [0.1, 0.15) is 32.0 Å². The topological polar surface area (TPSA) is 101 Å². The van der Waals surface area contributed by atoms with E-state index in [0.29, 0.717) is 30.0 Å². The molecular weight excluding hydrogens is 320 g/mol. The third-order valence-corrected chi connectivity index (χ3v) is 3.60. The van der Waals surface area contributed by atoms with Crippen LogP contribution in [0.15, 0.2) is 41.0 Å². The van der Waals surface area contributed by atoms with Gasteiger partial charge in [0.25, 0.3) is 11.8 Å². The summed E-state index contributed by atoms with van der Waals surface area (Å²) in [5.74, 6) is 0.184. The van der Waals surface area contributed by atoms with Crippen molar-refractivity contribution in [2.45, 2.75) is 13.1 Å².